The molecule has 0 radical (unpaired) electrons. The summed E-state index contributed by atoms with van der Waals surface area (Å²) >= 11 is 0. The van der Waals surface area contributed by atoms with Crippen LogP contribution < -0.4 is 5.73 Å². The molecule has 2 aliphatic carbocycles. The highest BCUT2D eigenvalue weighted by Crippen LogP contribution is 2.48. The summed E-state index contributed by atoms with van der Waals surface area (Å²) in [5.74, 6) is -2.07. The summed E-state index contributed by atoms with van der Waals surface area (Å²) in [5.41, 5.74) is 6.36. The average molecular weight is 259 g/mol. The fraction of sp³-hybridized carbons (Fsp3) is 1.00. The normalized spacial score (nSPS) is 39.5. The van der Waals surface area contributed by atoms with Crippen LogP contribution in [0.2, 0.25) is 0 Å². The van der Waals surface area contributed by atoms with Crippen LogP contribution in [-0.2, 0) is 4.74 Å². The van der Waals surface area contributed by atoms with Crippen molar-refractivity contribution >= 4 is 0 Å². The largest absolute Gasteiger partial charge is 0.375 e. The number of hydrogen-bond acceptors (Lipinski definition) is 2. The Balaban J connectivity index is 1.60. The van der Waals surface area contributed by atoms with Crippen molar-refractivity contribution in [1.82, 2.24) is 0 Å². The van der Waals surface area contributed by atoms with Gasteiger partial charge in [-0.25, -0.2) is 8.78 Å². The van der Waals surface area contributed by atoms with E-state index in [0.717, 1.165) is 32.3 Å². The van der Waals surface area contributed by atoms with Crippen molar-refractivity contribution in [2.24, 2.45) is 17.6 Å². The van der Waals surface area contributed by atoms with Gasteiger partial charge < -0.3 is 10.5 Å². The molecule has 0 aromatic carbocycles. The summed E-state index contributed by atoms with van der Waals surface area (Å²) < 4.78 is 32.4. The molecule has 3 atom stereocenters. The van der Waals surface area contributed by atoms with Gasteiger partial charge >= 0.3 is 0 Å². The highest BCUT2D eigenvalue weighted by atomic mass is 19.3. The molecular formula is C14H23F2NO. The van der Waals surface area contributed by atoms with E-state index in [-0.39, 0.29) is 30.4 Å². The molecule has 3 fully saturated rings. The number of ether oxygens (including phenoxy) is 1. The van der Waals surface area contributed by atoms with E-state index in [0.29, 0.717) is 12.3 Å². The number of hydrogen-bond donors (Lipinski definition) is 1. The van der Waals surface area contributed by atoms with Crippen LogP contribution >= 0.6 is 0 Å². The molecule has 1 spiro atoms. The summed E-state index contributed by atoms with van der Waals surface area (Å²) in [4.78, 5) is 0. The van der Waals surface area contributed by atoms with Crippen molar-refractivity contribution in [3.8, 4) is 0 Å². The Morgan fingerprint density at radius 3 is 2.33 bits per heavy atom. The third kappa shape index (κ3) is 2.29. The molecule has 18 heavy (non-hydrogen) atoms. The van der Waals surface area contributed by atoms with Gasteiger partial charge in [-0.2, -0.15) is 0 Å². The van der Waals surface area contributed by atoms with Gasteiger partial charge in [0.2, 0.25) is 5.92 Å². The van der Waals surface area contributed by atoms with Gasteiger partial charge in [-0.1, -0.05) is 0 Å². The monoisotopic (exact) mass is 259 g/mol. The summed E-state index contributed by atoms with van der Waals surface area (Å²) in [5, 5.41) is 0. The average Bonchev–Trinajstić information content (AvgIpc) is 2.67. The second kappa shape index (κ2) is 4.41. The van der Waals surface area contributed by atoms with Gasteiger partial charge in [0.1, 0.15) is 0 Å². The van der Waals surface area contributed by atoms with E-state index >= 15 is 0 Å². The van der Waals surface area contributed by atoms with E-state index in [2.05, 4.69) is 0 Å². The Hall–Kier alpha value is -0.220. The van der Waals surface area contributed by atoms with Crippen LogP contribution in [0.3, 0.4) is 0 Å². The van der Waals surface area contributed by atoms with Gasteiger partial charge in [-0.15, -0.1) is 0 Å². The summed E-state index contributed by atoms with van der Waals surface area (Å²) in [6.07, 6.45) is 6.08. The second-order valence-corrected chi connectivity index (χ2v) is 6.57. The standard InChI is InChI=1S/C14H23F2NO/c15-14(16)6-2-10(9-14)12(17)11-3-7-18-13(8-11)4-1-5-13/h10-12H,1-9,17H2. The number of nitrogens with two attached hydrogens (primary N) is 1. The molecule has 1 aliphatic heterocycles. The second-order valence-electron chi connectivity index (χ2n) is 6.57. The summed E-state index contributed by atoms with van der Waals surface area (Å²) in [6.45, 7) is 0.765. The SMILES string of the molecule is NC(C1CCC(F)(F)C1)C1CCOC2(CCC2)C1. The molecule has 2 nitrogen and oxygen atoms in total. The maximum Gasteiger partial charge on any atom is 0.248 e. The van der Waals surface area contributed by atoms with Crippen LogP contribution in [0.1, 0.15) is 51.4 Å². The van der Waals surface area contributed by atoms with E-state index < -0.39 is 5.92 Å². The van der Waals surface area contributed by atoms with Gasteiger partial charge in [0.25, 0.3) is 0 Å². The number of halogens is 2. The van der Waals surface area contributed by atoms with Crippen molar-refractivity contribution in [1.29, 1.82) is 0 Å². The summed E-state index contributed by atoms with van der Waals surface area (Å²) in [6, 6.07) is -0.0558. The fourth-order valence-corrected chi connectivity index (χ4v) is 4.01. The van der Waals surface area contributed by atoms with Crippen LogP contribution in [0, 0.1) is 11.8 Å². The third-order valence-corrected chi connectivity index (χ3v) is 5.33. The van der Waals surface area contributed by atoms with Gasteiger partial charge in [0.05, 0.1) is 5.60 Å². The van der Waals surface area contributed by atoms with Crippen molar-refractivity contribution < 1.29 is 13.5 Å². The zero-order valence-electron chi connectivity index (χ0n) is 10.8. The highest BCUT2D eigenvalue weighted by molar-refractivity contribution is 4.98. The molecule has 0 aromatic heterocycles. The first-order valence-corrected chi connectivity index (χ1v) is 7.27. The molecule has 1 heterocycles. The molecule has 4 heteroatoms. The van der Waals surface area contributed by atoms with E-state index in [1.807, 2.05) is 0 Å². The molecule has 2 N–H and O–H groups in total. The third-order valence-electron chi connectivity index (χ3n) is 5.33. The predicted octanol–water partition coefficient (Wildman–Crippen LogP) is 3.10. The van der Waals surface area contributed by atoms with E-state index in [9.17, 15) is 8.78 Å². The van der Waals surface area contributed by atoms with Gasteiger partial charge in [-0.3, -0.25) is 0 Å². The topological polar surface area (TPSA) is 35.2 Å². The zero-order chi connectivity index (χ0) is 12.8. The van der Waals surface area contributed by atoms with Gasteiger partial charge in [0, 0.05) is 25.5 Å². The molecule has 3 unspecified atom stereocenters. The predicted molar refractivity (Wildman–Crippen MR) is 65.5 cm³/mol. The Kier molecular flexibility index (Phi) is 3.14. The molecule has 1 saturated heterocycles. The Morgan fingerprint density at radius 2 is 1.78 bits per heavy atom. The van der Waals surface area contributed by atoms with E-state index in [4.69, 9.17) is 10.5 Å². The molecule has 2 saturated carbocycles. The lowest BCUT2D eigenvalue weighted by Gasteiger charge is -2.49. The van der Waals surface area contributed by atoms with Gasteiger partial charge in [0.15, 0.2) is 0 Å². The van der Waals surface area contributed by atoms with E-state index in [1.54, 1.807) is 0 Å². The number of alkyl halides is 2. The first-order chi connectivity index (χ1) is 8.50. The van der Waals surface area contributed by atoms with Crippen LogP contribution in [0.25, 0.3) is 0 Å². The molecule has 3 aliphatic rings. The minimum atomic E-state index is -2.47. The van der Waals surface area contributed by atoms with Gasteiger partial charge in [-0.05, 0) is 50.4 Å². The van der Waals surface area contributed by atoms with Crippen molar-refractivity contribution in [2.75, 3.05) is 6.61 Å². The highest BCUT2D eigenvalue weighted by Gasteiger charge is 2.48. The fourth-order valence-electron chi connectivity index (χ4n) is 4.01. The lowest BCUT2D eigenvalue weighted by atomic mass is 9.69. The zero-order valence-corrected chi connectivity index (χ0v) is 10.8. The minimum absolute atomic E-state index is 0.00146. The van der Waals surface area contributed by atoms with Crippen LogP contribution in [-0.4, -0.2) is 24.2 Å². The van der Waals surface area contributed by atoms with Crippen molar-refractivity contribution in [3.05, 3.63) is 0 Å². The maximum atomic E-state index is 13.3. The Morgan fingerprint density at radius 1 is 1.06 bits per heavy atom. The maximum absolute atomic E-state index is 13.3. The molecule has 0 bridgehead atoms. The molecule has 0 aromatic rings. The smallest absolute Gasteiger partial charge is 0.248 e. The first kappa shape index (κ1) is 12.8. The number of rotatable bonds is 2. The van der Waals surface area contributed by atoms with Crippen LogP contribution in [0.15, 0.2) is 0 Å². The van der Waals surface area contributed by atoms with Crippen molar-refractivity contribution in [2.45, 2.75) is 68.9 Å². The van der Waals surface area contributed by atoms with Crippen LogP contribution in [0.4, 0.5) is 8.78 Å². The van der Waals surface area contributed by atoms with Crippen molar-refractivity contribution in [3.63, 3.8) is 0 Å². The quantitative estimate of drug-likeness (QED) is 0.827. The Bertz CT molecular complexity index is 317. The molecule has 104 valence electrons. The minimum Gasteiger partial charge on any atom is -0.375 e. The van der Waals surface area contributed by atoms with Crippen LogP contribution in [0.5, 0.6) is 0 Å². The molecule has 0 amide bonds. The first-order valence-electron chi connectivity index (χ1n) is 7.27. The lowest BCUT2D eigenvalue weighted by molar-refractivity contribution is -0.147. The lowest BCUT2D eigenvalue weighted by Crippen LogP contribution is -2.50. The Labute approximate surface area is 107 Å². The molecule has 3 rings (SSSR count). The summed E-state index contributed by atoms with van der Waals surface area (Å²) in [7, 11) is 0. The molecular weight excluding hydrogens is 236 g/mol. The van der Waals surface area contributed by atoms with E-state index in [1.165, 1.54) is 6.42 Å².